The summed E-state index contributed by atoms with van der Waals surface area (Å²) >= 11 is 11.9. The highest BCUT2D eigenvalue weighted by molar-refractivity contribution is 6.31. The second-order valence-corrected chi connectivity index (χ2v) is 9.45. The van der Waals surface area contributed by atoms with Crippen LogP contribution in [0.25, 0.3) is 0 Å². The molecule has 33 heavy (non-hydrogen) atoms. The van der Waals surface area contributed by atoms with Crippen molar-refractivity contribution in [2.24, 2.45) is 0 Å². The number of aryl methyl sites for hydroxylation is 1. The Labute approximate surface area is 204 Å². The molecule has 0 amide bonds. The number of rotatable bonds is 11. The number of aliphatic carboxylic acids is 1. The van der Waals surface area contributed by atoms with E-state index in [0.717, 1.165) is 36.1 Å². The molecule has 0 spiro atoms. The molecule has 1 heterocycles. The summed E-state index contributed by atoms with van der Waals surface area (Å²) in [7, 11) is 0. The Hall–Kier alpha value is -1.70. The van der Waals surface area contributed by atoms with Crippen molar-refractivity contribution in [1.82, 2.24) is 4.90 Å². The van der Waals surface area contributed by atoms with Gasteiger partial charge in [0.05, 0.1) is 23.8 Å². The summed E-state index contributed by atoms with van der Waals surface area (Å²) in [6, 6.07) is 10.5. The maximum Gasteiger partial charge on any atom is 0.303 e. The number of β-amino-alcohol motifs (C(OH)–C–C–N with tert-alkyl or cyclic N) is 1. The summed E-state index contributed by atoms with van der Waals surface area (Å²) in [5, 5.41) is 20.3. The standard InChI is InChI=1S/C25H30Cl2FNO4/c1-16(22-7-6-19(26)13-18(22)5-9-25(31)32)33-15-21(30)14-29-10-2-3-20(29)11-17-4-8-23(27)24(28)12-17/h4,6-8,12-13,16,20-21,30H,2-3,5,9-11,14-15H2,1H3,(H,31,32)/t16-,20+,21-/m1/s1. The second kappa shape index (κ2) is 12.1. The predicted molar refractivity (Wildman–Crippen MR) is 127 cm³/mol. The summed E-state index contributed by atoms with van der Waals surface area (Å²) in [4.78, 5) is 13.2. The molecular formula is C25H30Cl2FNO4. The number of benzene rings is 2. The zero-order valence-corrected chi connectivity index (χ0v) is 20.2. The topological polar surface area (TPSA) is 70.0 Å². The second-order valence-electron chi connectivity index (χ2n) is 8.61. The first kappa shape index (κ1) is 25.9. The molecule has 1 fully saturated rings. The number of ether oxygens (including phenoxy) is 1. The van der Waals surface area contributed by atoms with Crippen LogP contribution in [0.5, 0.6) is 0 Å². The average Bonchev–Trinajstić information content (AvgIpc) is 3.19. The van der Waals surface area contributed by atoms with Crippen molar-refractivity contribution in [2.75, 3.05) is 19.7 Å². The van der Waals surface area contributed by atoms with Gasteiger partial charge >= 0.3 is 5.97 Å². The van der Waals surface area contributed by atoms with Gasteiger partial charge in [0.2, 0.25) is 0 Å². The van der Waals surface area contributed by atoms with E-state index < -0.39 is 17.9 Å². The number of carboxylic acids is 1. The molecule has 2 N–H and O–H groups in total. The molecule has 1 saturated heterocycles. The van der Waals surface area contributed by atoms with Gasteiger partial charge in [-0.2, -0.15) is 0 Å². The van der Waals surface area contributed by atoms with Gasteiger partial charge < -0.3 is 14.9 Å². The number of nitrogens with zero attached hydrogens (tertiary/aromatic N) is 1. The fourth-order valence-corrected chi connectivity index (χ4v) is 4.72. The Balaban J connectivity index is 1.53. The molecular weight excluding hydrogens is 468 g/mol. The highest BCUT2D eigenvalue weighted by Gasteiger charge is 2.27. The third kappa shape index (κ3) is 7.66. The SMILES string of the molecule is C[C@@H](OC[C@H](O)CN1CCC[C@H]1Cc1ccc(Cl)c(F)c1)c1ccc(Cl)cc1CCC(=O)O. The minimum Gasteiger partial charge on any atom is -0.481 e. The minimum absolute atomic E-state index is 0.0105. The van der Waals surface area contributed by atoms with Gasteiger partial charge in [0.1, 0.15) is 5.82 Å². The van der Waals surface area contributed by atoms with Crippen LogP contribution >= 0.6 is 23.2 Å². The van der Waals surface area contributed by atoms with E-state index in [2.05, 4.69) is 4.90 Å². The van der Waals surface area contributed by atoms with Gasteiger partial charge in [0.15, 0.2) is 0 Å². The van der Waals surface area contributed by atoms with Crippen molar-refractivity contribution >= 4 is 29.2 Å². The van der Waals surface area contributed by atoms with Crippen LogP contribution in [0, 0.1) is 5.82 Å². The van der Waals surface area contributed by atoms with Crippen LogP contribution in [-0.2, 0) is 22.4 Å². The summed E-state index contributed by atoms with van der Waals surface area (Å²) in [6.45, 7) is 3.39. The smallest absolute Gasteiger partial charge is 0.303 e. The summed E-state index contributed by atoms with van der Waals surface area (Å²) < 4.78 is 19.7. The maximum atomic E-state index is 13.8. The summed E-state index contributed by atoms with van der Waals surface area (Å²) in [5.74, 6) is -1.28. The van der Waals surface area contributed by atoms with E-state index in [1.165, 1.54) is 6.07 Å². The average molecular weight is 498 g/mol. The largest absolute Gasteiger partial charge is 0.481 e. The van der Waals surface area contributed by atoms with Gasteiger partial charge in [-0.15, -0.1) is 0 Å². The molecule has 0 radical (unpaired) electrons. The van der Waals surface area contributed by atoms with E-state index in [1.54, 1.807) is 18.2 Å². The van der Waals surface area contributed by atoms with Crippen LogP contribution in [-0.4, -0.2) is 52.9 Å². The zero-order valence-electron chi connectivity index (χ0n) is 18.6. The normalized spacial score (nSPS) is 18.4. The quantitative estimate of drug-likeness (QED) is 0.441. The molecule has 3 rings (SSSR count). The number of hydrogen-bond donors (Lipinski definition) is 2. The fraction of sp³-hybridized carbons (Fsp3) is 0.480. The van der Waals surface area contributed by atoms with Crippen molar-refractivity contribution in [2.45, 2.75) is 57.3 Å². The maximum absolute atomic E-state index is 13.8. The molecule has 0 aromatic heterocycles. The van der Waals surface area contributed by atoms with Crippen LogP contribution in [0.3, 0.4) is 0 Å². The van der Waals surface area contributed by atoms with Gasteiger partial charge in [-0.1, -0.05) is 35.3 Å². The Kier molecular flexibility index (Phi) is 9.53. The number of carbonyl (C=O) groups is 1. The molecule has 180 valence electrons. The number of halogens is 3. The molecule has 3 atom stereocenters. The first-order chi connectivity index (χ1) is 15.7. The molecule has 1 aliphatic heterocycles. The number of aliphatic hydroxyl groups excluding tert-OH is 1. The van der Waals surface area contributed by atoms with E-state index in [9.17, 15) is 14.3 Å². The molecule has 8 heteroatoms. The van der Waals surface area contributed by atoms with Crippen molar-refractivity contribution in [3.8, 4) is 0 Å². The van der Waals surface area contributed by atoms with Gasteiger partial charge in [0, 0.05) is 24.0 Å². The number of likely N-dealkylation sites (tertiary alicyclic amines) is 1. The molecule has 5 nitrogen and oxygen atoms in total. The number of hydrogen-bond acceptors (Lipinski definition) is 4. The summed E-state index contributed by atoms with van der Waals surface area (Å²) in [6.07, 6.45) is 2.11. The fourth-order valence-electron chi connectivity index (χ4n) is 4.40. The Morgan fingerprint density at radius 3 is 2.79 bits per heavy atom. The van der Waals surface area contributed by atoms with Crippen molar-refractivity contribution in [1.29, 1.82) is 0 Å². The van der Waals surface area contributed by atoms with Crippen LogP contribution < -0.4 is 0 Å². The molecule has 0 bridgehead atoms. The highest BCUT2D eigenvalue weighted by atomic mass is 35.5. The lowest BCUT2D eigenvalue weighted by Crippen LogP contribution is -2.39. The third-order valence-electron chi connectivity index (χ3n) is 6.09. The lowest BCUT2D eigenvalue weighted by Gasteiger charge is -2.27. The monoisotopic (exact) mass is 497 g/mol. The zero-order chi connectivity index (χ0) is 24.0. The molecule has 0 unspecified atom stereocenters. The van der Waals surface area contributed by atoms with E-state index in [-0.39, 0.29) is 30.2 Å². The van der Waals surface area contributed by atoms with Crippen LogP contribution in [0.2, 0.25) is 10.0 Å². The third-order valence-corrected chi connectivity index (χ3v) is 6.63. The Morgan fingerprint density at radius 1 is 1.27 bits per heavy atom. The van der Waals surface area contributed by atoms with Crippen molar-refractivity contribution in [3.05, 3.63) is 69.0 Å². The molecule has 2 aromatic rings. The van der Waals surface area contributed by atoms with E-state index in [1.807, 2.05) is 19.1 Å². The van der Waals surface area contributed by atoms with Gasteiger partial charge in [0.25, 0.3) is 0 Å². The van der Waals surface area contributed by atoms with Crippen LogP contribution in [0.1, 0.15) is 49.0 Å². The van der Waals surface area contributed by atoms with Gasteiger partial charge in [-0.25, -0.2) is 4.39 Å². The Bertz CT molecular complexity index is 958. The van der Waals surface area contributed by atoms with E-state index >= 15 is 0 Å². The number of aliphatic hydroxyl groups is 1. The molecule has 2 aromatic carbocycles. The van der Waals surface area contributed by atoms with Crippen LogP contribution in [0.4, 0.5) is 4.39 Å². The van der Waals surface area contributed by atoms with Crippen LogP contribution in [0.15, 0.2) is 36.4 Å². The lowest BCUT2D eigenvalue weighted by atomic mass is 9.99. The molecule has 1 aliphatic rings. The highest BCUT2D eigenvalue weighted by Crippen LogP contribution is 2.27. The minimum atomic E-state index is -0.869. The molecule has 0 aliphatic carbocycles. The van der Waals surface area contributed by atoms with Crippen molar-refractivity contribution < 1.29 is 24.1 Å². The molecule has 0 saturated carbocycles. The van der Waals surface area contributed by atoms with E-state index in [0.29, 0.717) is 24.4 Å². The lowest BCUT2D eigenvalue weighted by molar-refractivity contribution is -0.136. The first-order valence-corrected chi connectivity index (χ1v) is 12.0. The van der Waals surface area contributed by atoms with Gasteiger partial charge in [-0.05, 0) is 80.1 Å². The summed E-state index contributed by atoms with van der Waals surface area (Å²) in [5.41, 5.74) is 2.60. The first-order valence-electron chi connectivity index (χ1n) is 11.2. The van der Waals surface area contributed by atoms with Gasteiger partial charge in [-0.3, -0.25) is 9.69 Å². The number of carboxylic acid groups (broad SMARTS) is 1. The van der Waals surface area contributed by atoms with E-state index in [4.69, 9.17) is 33.0 Å². The predicted octanol–water partition coefficient (Wildman–Crippen LogP) is 5.30. The Morgan fingerprint density at radius 2 is 2.06 bits per heavy atom. The van der Waals surface area contributed by atoms with Crippen molar-refractivity contribution in [3.63, 3.8) is 0 Å².